The molecule has 1 aromatic heterocycles. The second-order valence-corrected chi connectivity index (χ2v) is 6.53. The summed E-state index contributed by atoms with van der Waals surface area (Å²) in [7, 11) is 1.79. The van der Waals surface area contributed by atoms with Crippen LogP contribution in [0.4, 0.5) is 0 Å². The molecule has 0 fully saturated rings. The number of aliphatic imine (C=N–C) groups is 1. The molecule has 1 aromatic carbocycles. The highest BCUT2D eigenvalue weighted by Crippen LogP contribution is 2.21. The Hall–Kier alpha value is -1.52. The zero-order valence-corrected chi connectivity index (χ0v) is 13.8. The molecule has 1 atom stereocenters. The number of benzene rings is 1. The summed E-state index contributed by atoms with van der Waals surface area (Å²) < 4.78 is 0.838. The fraction of sp³-hybridized carbons (Fsp3) is 0.312. The van der Waals surface area contributed by atoms with Crippen LogP contribution in [0.25, 0.3) is 0 Å². The van der Waals surface area contributed by atoms with Crippen LogP contribution in [0.2, 0.25) is 4.34 Å². The van der Waals surface area contributed by atoms with Crippen LogP contribution >= 0.6 is 22.9 Å². The average molecular weight is 322 g/mol. The van der Waals surface area contributed by atoms with Crippen molar-refractivity contribution in [2.24, 2.45) is 4.99 Å². The number of hydrogen-bond donors (Lipinski definition) is 2. The van der Waals surface area contributed by atoms with Crippen molar-refractivity contribution < 1.29 is 0 Å². The van der Waals surface area contributed by atoms with Gasteiger partial charge >= 0.3 is 0 Å². The van der Waals surface area contributed by atoms with E-state index in [-0.39, 0.29) is 6.04 Å². The van der Waals surface area contributed by atoms with E-state index in [0.717, 1.165) is 23.3 Å². The first-order chi connectivity index (χ1) is 10.2. The first-order valence-corrected chi connectivity index (χ1v) is 8.15. The number of halogens is 1. The summed E-state index contributed by atoms with van der Waals surface area (Å²) in [6.07, 6.45) is 0.942. The number of nitrogens with one attached hydrogen (secondary N) is 2. The van der Waals surface area contributed by atoms with Crippen molar-refractivity contribution in [1.82, 2.24) is 10.6 Å². The lowest BCUT2D eigenvalue weighted by atomic mass is 10.1. The molecule has 0 saturated carbocycles. The summed E-state index contributed by atoms with van der Waals surface area (Å²) in [5.74, 6) is 0.814. The van der Waals surface area contributed by atoms with Gasteiger partial charge in [-0.1, -0.05) is 41.9 Å². The second-order valence-electron chi connectivity index (χ2n) is 4.73. The molecule has 2 aromatic rings. The molecule has 0 radical (unpaired) electrons. The average Bonchev–Trinajstić information content (AvgIpc) is 2.92. The van der Waals surface area contributed by atoms with Crippen LogP contribution in [0.1, 0.15) is 23.4 Å². The van der Waals surface area contributed by atoms with Crippen molar-refractivity contribution in [2.75, 3.05) is 13.6 Å². The topological polar surface area (TPSA) is 36.4 Å². The van der Waals surface area contributed by atoms with Crippen molar-refractivity contribution in [3.63, 3.8) is 0 Å². The minimum absolute atomic E-state index is 0.216. The summed E-state index contributed by atoms with van der Waals surface area (Å²) in [5, 5.41) is 6.72. The van der Waals surface area contributed by atoms with Gasteiger partial charge in [-0.2, -0.15) is 0 Å². The molecule has 5 heteroatoms. The van der Waals surface area contributed by atoms with E-state index in [1.165, 1.54) is 10.4 Å². The summed E-state index contributed by atoms with van der Waals surface area (Å²) in [6.45, 7) is 2.96. The molecule has 0 amide bonds. The maximum absolute atomic E-state index is 5.93. The molecule has 0 aliphatic carbocycles. The van der Waals surface area contributed by atoms with E-state index in [9.17, 15) is 0 Å². The fourth-order valence-corrected chi connectivity index (χ4v) is 3.10. The fourth-order valence-electron chi connectivity index (χ4n) is 2.01. The Morgan fingerprint density at radius 2 is 2.00 bits per heavy atom. The van der Waals surface area contributed by atoms with E-state index >= 15 is 0 Å². The molecule has 0 aliphatic rings. The smallest absolute Gasteiger partial charge is 0.191 e. The van der Waals surface area contributed by atoms with Crippen LogP contribution in [-0.2, 0) is 6.42 Å². The SMILES string of the molecule is CN=C(NCCc1ccc(Cl)s1)NC(C)c1ccccc1. The Labute approximate surface area is 135 Å². The normalized spacial score (nSPS) is 13.0. The van der Waals surface area contributed by atoms with Crippen LogP contribution in [0.15, 0.2) is 47.5 Å². The van der Waals surface area contributed by atoms with Gasteiger partial charge in [0.15, 0.2) is 5.96 Å². The number of hydrogen-bond acceptors (Lipinski definition) is 2. The molecule has 0 bridgehead atoms. The van der Waals surface area contributed by atoms with Gasteiger partial charge in [0.1, 0.15) is 0 Å². The van der Waals surface area contributed by atoms with Gasteiger partial charge in [-0.25, -0.2) is 0 Å². The maximum Gasteiger partial charge on any atom is 0.191 e. The van der Waals surface area contributed by atoms with Crippen LogP contribution in [0, 0.1) is 0 Å². The molecule has 1 unspecified atom stereocenters. The van der Waals surface area contributed by atoms with Gasteiger partial charge in [0.25, 0.3) is 0 Å². The first-order valence-electron chi connectivity index (χ1n) is 6.95. The molecular weight excluding hydrogens is 302 g/mol. The van der Waals surface area contributed by atoms with Gasteiger partial charge in [-0.15, -0.1) is 11.3 Å². The lowest BCUT2D eigenvalue weighted by Gasteiger charge is -2.18. The van der Waals surface area contributed by atoms with Crippen LogP contribution < -0.4 is 10.6 Å². The van der Waals surface area contributed by atoms with E-state index in [1.807, 2.05) is 24.3 Å². The Morgan fingerprint density at radius 1 is 1.24 bits per heavy atom. The predicted molar refractivity (Wildman–Crippen MR) is 92.4 cm³/mol. The quantitative estimate of drug-likeness (QED) is 0.648. The standard InChI is InChI=1S/C16H20ClN3S/c1-12(13-6-4-3-5-7-13)20-16(18-2)19-11-10-14-8-9-15(17)21-14/h3-9,12H,10-11H2,1-2H3,(H2,18,19,20). The number of guanidine groups is 1. The van der Waals surface area contributed by atoms with E-state index in [2.05, 4.69) is 40.7 Å². The molecule has 3 nitrogen and oxygen atoms in total. The van der Waals surface area contributed by atoms with E-state index < -0.39 is 0 Å². The van der Waals surface area contributed by atoms with Crippen LogP contribution in [0.3, 0.4) is 0 Å². The molecule has 1 heterocycles. The van der Waals surface area contributed by atoms with Crippen molar-refractivity contribution >= 4 is 28.9 Å². The summed E-state index contributed by atoms with van der Waals surface area (Å²) in [5.41, 5.74) is 1.24. The predicted octanol–water partition coefficient (Wildman–Crippen LogP) is 3.87. The van der Waals surface area contributed by atoms with Crippen molar-refractivity contribution in [3.05, 3.63) is 57.2 Å². The van der Waals surface area contributed by atoms with Gasteiger partial charge in [0, 0.05) is 18.5 Å². The zero-order valence-electron chi connectivity index (χ0n) is 12.3. The highest BCUT2D eigenvalue weighted by atomic mass is 35.5. The third-order valence-corrected chi connectivity index (χ3v) is 4.46. The maximum atomic E-state index is 5.93. The minimum atomic E-state index is 0.216. The number of thiophene rings is 1. The summed E-state index contributed by atoms with van der Waals surface area (Å²) in [6, 6.07) is 14.6. The minimum Gasteiger partial charge on any atom is -0.356 e. The molecule has 21 heavy (non-hydrogen) atoms. The third-order valence-electron chi connectivity index (χ3n) is 3.17. The lowest BCUT2D eigenvalue weighted by molar-refractivity contribution is 0.685. The number of nitrogens with zero attached hydrogens (tertiary/aromatic N) is 1. The molecule has 2 rings (SSSR count). The Balaban J connectivity index is 1.81. The highest BCUT2D eigenvalue weighted by molar-refractivity contribution is 7.16. The first kappa shape index (κ1) is 15.9. The molecule has 0 aliphatic heterocycles. The summed E-state index contributed by atoms with van der Waals surface area (Å²) >= 11 is 7.55. The van der Waals surface area contributed by atoms with Gasteiger partial charge < -0.3 is 10.6 Å². The largest absolute Gasteiger partial charge is 0.356 e. The van der Waals surface area contributed by atoms with Gasteiger partial charge in [-0.05, 0) is 31.0 Å². The Morgan fingerprint density at radius 3 is 2.62 bits per heavy atom. The zero-order chi connectivity index (χ0) is 15.1. The molecular formula is C16H20ClN3S. The van der Waals surface area contributed by atoms with Crippen molar-refractivity contribution in [2.45, 2.75) is 19.4 Å². The Bertz CT molecular complexity index is 580. The Kier molecular flexibility index (Phi) is 6.08. The van der Waals surface area contributed by atoms with E-state index in [0.29, 0.717) is 0 Å². The van der Waals surface area contributed by atoms with E-state index in [4.69, 9.17) is 11.6 Å². The lowest BCUT2D eigenvalue weighted by Crippen LogP contribution is -2.39. The van der Waals surface area contributed by atoms with Crippen molar-refractivity contribution in [3.8, 4) is 0 Å². The van der Waals surface area contributed by atoms with Gasteiger partial charge in [-0.3, -0.25) is 4.99 Å². The van der Waals surface area contributed by atoms with Gasteiger partial charge in [0.05, 0.1) is 10.4 Å². The molecule has 2 N–H and O–H groups in total. The van der Waals surface area contributed by atoms with Crippen molar-refractivity contribution in [1.29, 1.82) is 0 Å². The highest BCUT2D eigenvalue weighted by Gasteiger charge is 2.07. The van der Waals surface area contributed by atoms with Crippen LogP contribution in [0.5, 0.6) is 0 Å². The monoisotopic (exact) mass is 321 g/mol. The molecule has 112 valence electrons. The summed E-state index contributed by atoms with van der Waals surface area (Å²) in [4.78, 5) is 5.54. The van der Waals surface area contributed by atoms with Gasteiger partial charge in [0.2, 0.25) is 0 Å². The van der Waals surface area contributed by atoms with Crippen LogP contribution in [-0.4, -0.2) is 19.6 Å². The molecule has 0 spiro atoms. The number of rotatable bonds is 5. The van der Waals surface area contributed by atoms with E-state index in [1.54, 1.807) is 18.4 Å². The third kappa shape index (κ3) is 5.06. The second kappa shape index (κ2) is 8.05. The molecule has 0 saturated heterocycles.